The summed E-state index contributed by atoms with van der Waals surface area (Å²) >= 11 is 6.35. The van der Waals surface area contributed by atoms with E-state index in [0.717, 1.165) is 16.9 Å². The smallest absolute Gasteiger partial charge is 0.168 e. The summed E-state index contributed by atoms with van der Waals surface area (Å²) < 4.78 is 0. The van der Waals surface area contributed by atoms with Crippen LogP contribution in [-0.2, 0) is 0 Å². The topological polar surface area (TPSA) is 50.9 Å². The molecular weight excluding hydrogens is 226 g/mol. The highest BCUT2D eigenvalue weighted by Gasteiger charge is 2.00. The number of hydrogen-bond donors (Lipinski definition) is 2. The number of nitrogens with two attached hydrogens (primary N) is 1. The fraction of sp³-hybridized carbons (Fsp3) is 0. The fourth-order valence-electron chi connectivity index (χ4n) is 1.25. The standard InChI is InChI=1S/C10H9N3S2/c11-10(14)13-8-3-1-2-7(4-8)9-5-15-6-12-9/h1-6H,(H3,11,13,14). The Labute approximate surface area is 97.0 Å². The van der Waals surface area contributed by atoms with Crippen molar-refractivity contribution in [2.24, 2.45) is 5.73 Å². The molecule has 0 amide bonds. The van der Waals surface area contributed by atoms with Crippen LogP contribution < -0.4 is 11.1 Å². The Morgan fingerprint density at radius 1 is 1.47 bits per heavy atom. The molecule has 0 spiro atoms. The van der Waals surface area contributed by atoms with Gasteiger partial charge in [-0.3, -0.25) is 0 Å². The number of benzene rings is 1. The number of anilines is 1. The van der Waals surface area contributed by atoms with Crippen LogP contribution in [-0.4, -0.2) is 10.1 Å². The van der Waals surface area contributed by atoms with Gasteiger partial charge in [-0.2, -0.15) is 0 Å². The molecule has 15 heavy (non-hydrogen) atoms. The lowest BCUT2D eigenvalue weighted by molar-refractivity contribution is 1.41. The van der Waals surface area contributed by atoms with E-state index in [4.69, 9.17) is 18.0 Å². The summed E-state index contributed by atoms with van der Waals surface area (Å²) in [4.78, 5) is 4.23. The van der Waals surface area contributed by atoms with Crippen molar-refractivity contribution in [1.29, 1.82) is 0 Å². The van der Waals surface area contributed by atoms with E-state index in [9.17, 15) is 0 Å². The average molecular weight is 235 g/mol. The van der Waals surface area contributed by atoms with E-state index >= 15 is 0 Å². The molecule has 3 N–H and O–H groups in total. The highest BCUT2D eigenvalue weighted by Crippen LogP contribution is 2.22. The van der Waals surface area contributed by atoms with Crippen molar-refractivity contribution >= 4 is 34.4 Å². The number of rotatable bonds is 2. The van der Waals surface area contributed by atoms with Crippen LogP contribution in [0.2, 0.25) is 0 Å². The fourth-order valence-corrected chi connectivity index (χ4v) is 1.93. The van der Waals surface area contributed by atoms with Crippen molar-refractivity contribution in [2.45, 2.75) is 0 Å². The molecule has 0 bridgehead atoms. The molecule has 1 aromatic heterocycles. The van der Waals surface area contributed by atoms with Crippen LogP contribution in [0.15, 0.2) is 35.2 Å². The molecule has 0 unspecified atom stereocenters. The SMILES string of the molecule is NC(=S)Nc1cccc(-c2cscn2)c1. The molecule has 2 rings (SSSR count). The third-order valence-corrected chi connectivity index (χ3v) is 2.55. The molecule has 2 aromatic rings. The normalized spacial score (nSPS) is 9.87. The molecule has 0 aliphatic rings. The van der Waals surface area contributed by atoms with Crippen LogP contribution in [0.4, 0.5) is 5.69 Å². The number of thiazole rings is 1. The Morgan fingerprint density at radius 2 is 2.33 bits per heavy atom. The molecule has 0 fully saturated rings. The van der Waals surface area contributed by atoms with Crippen LogP contribution >= 0.6 is 23.6 Å². The molecule has 76 valence electrons. The van der Waals surface area contributed by atoms with E-state index in [1.54, 1.807) is 11.3 Å². The second-order valence-corrected chi connectivity index (χ2v) is 4.10. The maximum absolute atomic E-state index is 5.40. The van der Waals surface area contributed by atoms with Gasteiger partial charge in [0, 0.05) is 16.6 Å². The number of hydrogen-bond acceptors (Lipinski definition) is 3. The minimum Gasteiger partial charge on any atom is -0.376 e. The Balaban J connectivity index is 2.31. The summed E-state index contributed by atoms with van der Waals surface area (Å²) in [6.07, 6.45) is 0. The third kappa shape index (κ3) is 2.51. The van der Waals surface area contributed by atoms with E-state index in [1.165, 1.54) is 0 Å². The van der Waals surface area contributed by atoms with Crippen molar-refractivity contribution in [3.05, 3.63) is 35.2 Å². The van der Waals surface area contributed by atoms with Crippen molar-refractivity contribution in [3.8, 4) is 11.3 Å². The van der Waals surface area contributed by atoms with E-state index in [0.29, 0.717) is 0 Å². The second kappa shape index (κ2) is 4.37. The quantitative estimate of drug-likeness (QED) is 0.785. The predicted molar refractivity (Wildman–Crippen MR) is 68.0 cm³/mol. The molecule has 3 nitrogen and oxygen atoms in total. The van der Waals surface area contributed by atoms with Crippen molar-refractivity contribution in [2.75, 3.05) is 5.32 Å². The highest BCUT2D eigenvalue weighted by molar-refractivity contribution is 7.80. The summed E-state index contributed by atoms with van der Waals surface area (Å²) in [6.45, 7) is 0. The number of thiocarbonyl (C=S) groups is 1. The first kappa shape index (κ1) is 10.1. The lowest BCUT2D eigenvalue weighted by Crippen LogP contribution is -2.18. The second-order valence-electron chi connectivity index (χ2n) is 2.94. The van der Waals surface area contributed by atoms with Gasteiger partial charge >= 0.3 is 0 Å². The zero-order valence-electron chi connectivity index (χ0n) is 7.81. The lowest BCUT2D eigenvalue weighted by atomic mass is 10.1. The van der Waals surface area contributed by atoms with Crippen molar-refractivity contribution in [3.63, 3.8) is 0 Å². The summed E-state index contributed by atoms with van der Waals surface area (Å²) in [5.41, 5.74) is 10.1. The molecular formula is C10H9N3S2. The first-order chi connectivity index (χ1) is 7.25. The zero-order valence-corrected chi connectivity index (χ0v) is 9.44. The maximum Gasteiger partial charge on any atom is 0.168 e. The Morgan fingerprint density at radius 3 is 3.00 bits per heavy atom. The third-order valence-electron chi connectivity index (χ3n) is 1.86. The van der Waals surface area contributed by atoms with Crippen LogP contribution in [0.25, 0.3) is 11.3 Å². The maximum atomic E-state index is 5.40. The van der Waals surface area contributed by atoms with Gasteiger partial charge in [0.1, 0.15) is 0 Å². The summed E-state index contributed by atoms with van der Waals surface area (Å²) in [7, 11) is 0. The molecule has 0 saturated heterocycles. The molecule has 1 aromatic carbocycles. The lowest BCUT2D eigenvalue weighted by Gasteiger charge is -2.04. The van der Waals surface area contributed by atoms with E-state index in [1.807, 2.05) is 35.2 Å². The van der Waals surface area contributed by atoms with Gasteiger partial charge < -0.3 is 11.1 Å². The van der Waals surface area contributed by atoms with Crippen molar-refractivity contribution < 1.29 is 0 Å². The summed E-state index contributed by atoms with van der Waals surface area (Å²) in [5, 5.41) is 5.16. The molecule has 5 heteroatoms. The van der Waals surface area contributed by atoms with Gasteiger partial charge in [0.2, 0.25) is 0 Å². The van der Waals surface area contributed by atoms with Gasteiger partial charge in [0.05, 0.1) is 11.2 Å². The van der Waals surface area contributed by atoms with Gasteiger partial charge in [0.15, 0.2) is 5.11 Å². The van der Waals surface area contributed by atoms with E-state index < -0.39 is 0 Å². The zero-order chi connectivity index (χ0) is 10.7. The van der Waals surface area contributed by atoms with Crippen LogP contribution in [0, 0.1) is 0 Å². The van der Waals surface area contributed by atoms with Gasteiger partial charge in [-0.05, 0) is 24.4 Å². The minimum atomic E-state index is 0.269. The van der Waals surface area contributed by atoms with Gasteiger partial charge in [-0.15, -0.1) is 11.3 Å². The van der Waals surface area contributed by atoms with Crippen LogP contribution in [0.3, 0.4) is 0 Å². The number of aromatic nitrogens is 1. The summed E-state index contributed by atoms with van der Waals surface area (Å²) in [6, 6.07) is 7.82. The van der Waals surface area contributed by atoms with E-state index in [2.05, 4.69) is 10.3 Å². The molecule has 1 heterocycles. The monoisotopic (exact) mass is 235 g/mol. The summed E-state index contributed by atoms with van der Waals surface area (Å²) in [5.74, 6) is 0. The Kier molecular flexibility index (Phi) is 2.94. The molecule has 0 radical (unpaired) electrons. The minimum absolute atomic E-state index is 0.269. The van der Waals surface area contributed by atoms with Crippen molar-refractivity contribution in [1.82, 2.24) is 4.98 Å². The number of nitrogens with one attached hydrogen (secondary N) is 1. The molecule has 0 aliphatic heterocycles. The Bertz CT molecular complexity index is 465. The predicted octanol–water partition coefficient (Wildman–Crippen LogP) is 2.47. The molecule has 0 saturated carbocycles. The average Bonchev–Trinajstić information content (AvgIpc) is 2.69. The first-order valence-electron chi connectivity index (χ1n) is 4.31. The van der Waals surface area contributed by atoms with Gasteiger partial charge in [-0.1, -0.05) is 12.1 Å². The van der Waals surface area contributed by atoms with Gasteiger partial charge in [0.25, 0.3) is 0 Å². The largest absolute Gasteiger partial charge is 0.376 e. The van der Waals surface area contributed by atoms with Crippen LogP contribution in [0.5, 0.6) is 0 Å². The van der Waals surface area contributed by atoms with Gasteiger partial charge in [-0.25, -0.2) is 4.98 Å². The highest BCUT2D eigenvalue weighted by atomic mass is 32.1. The number of nitrogens with zero attached hydrogens (tertiary/aromatic N) is 1. The van der Waals surface area contributed by atoms with Crippen LogP contribution in [0.1, 0.15) is 0 Å². The van der Waals surface area contributed by atoms with E-state index in [-0.39, 0.29) is 5.11 Å². The molecule has 0 atom stereocenters. The molecule has 0 aliphatic carbocycles. The Hall–Kier alpha value is -1.46. The first-order valence-corrected chi connectivity index (χ1v) is 5.66.